The number of aryl methyl sites for hydroxylation is 1. The number of rotatable bonds is 5. The van der Waals surface area contributed by atoms with Gasteiger partial charge >= 0.3 is 6.18 Å². The number of benzene rings is 3. The number of ether oxygens (including phenoxy) is 1. The van der Waals surface area contributed by atoms with Crippen LogP contribution in [0.1, 0.15) is 48.3 Å². The number of halogens is 3. The van der Waals surface area contributed by atoms with E-state index in [0.717, 1.165) is 28.0 Å². The average molecular weight is 425 g/mol. The maximum atomic E-state index is 12.9. The van der Waals surface area contributed by atoms with E-state index in [1.807, 2.05) is 48.5 Å². The molecule has 0 N–H and O–H groups in total. The van der Waals surface area contributed by atoms with E-state index in [0.29, 0.717) is 19.4 Å². The second kappa shape index (κ2) is 9.17. The maximum absolute atomic E-state index is 12.9. The molecule has 0 aliphatic heterocycles. The van der Waals surface area contributed by atoms with Crippen molar-refractivity contribution in [2.45, 2.75) is 51.3 Å². The Hall–Kier alpha value is -2.75. The van der Waals surface area contributed by atoms with Gasteiger partial charge in [-0.2, -0.15) is 13.2 Å². The molecule has 0 bridgehead atoms. The summed E-state index contributed by atoms with van der Waals surface area (Å²) in [5.74, 6) is -0.0804. The first-order valence-corrected chi connectivity index (χ1v) is 10.8. The van der Waals surface area contributed by atoms with Gasteiger partial charge in [-0.1, -0.05) is 72.3 Å². The molecular weight excluding hydrogens is 397 g/mol. The average Bonchev–Trinajstić information content (AvgIpc) is 2.78. The third kappa shape index (κ3) is 5.30. The van der Waals surface area contributed by atoms with E-state index in [1.165, 1.54) is 5.56 Å². The molecule has 4 rings (SSSR count). The Morgan fingerprint density at radius 2 is 1.55 bits per heavy atom. The van der Waals surface area contributed by atoms with E-state index in [1.54, 1.807) is 0 Å². The Morgan fingerprint density at radius 3 is 2.23 bits per heavy atom. The van der Waals surface area contributed by atoms with Gasteiger partial charge in [-0.3, -0.25) is 0 Å². The number of hydrogen-bond acceptors (Lipinski definition) is 1. The third-order valence-electron chi connectivity index (χ3n) is 6.25. The largest absolute Gasteiger partial charge is 0.488 e. The lowest BCUT2D eigenvalue weighted by atomic mass is 9.78. The Kier molecular flexibility index (Phi) is 6.35. The van der Waals surface area contributed by atoms with Gasteiger partial charge in [0.2, 0.25) is 0 Å². The van der Waals surface area contributed by atoms with Crippen molar-refractivity contribution in [2.24, 2.45) is 5.92 Å². The molecule has 0 radical (unpaired) electrons. The minimum absolute atomic E-state index is 0.218. The molecule has 162 valence electrons. The van der Waals surface area contributed by atoms with Crippen LogP contribution in [0, 0.1) is 12.8 Å². The standard InChI is InChI=1S/C27H27F3O/c1-19-5-4-6-23(17-19)25-7-2-3-8-26(25)31-18-20-9-11-21(12-10-20)22-13-15-24(16-14-22)27(28,29)30/h2-12,17,22,24H,13-16,18H2,1H3/t22-,24-. The highest BCUT2D eigenvalue weighted by molar-refractivity contribution is 5.70. The van der Waals surface area contributed by atoms with Crippen molar-refractivity contribution < 1.29 is 17.9 Å². The lowest BCUT2D eigenvalue weighted by Crippen LogP contribution is -2.27. The van der Waals surface area contributed by atoms with Crippen LogP contribution in [0.15, 0.2) is 72.8 Å². The van der Waals surface area contributed by atoms with Crippen LogP contribution in [0.5, 0.6) is 5.75 Å². The first-order valence-electron chi connectivity index (χ1n) is 10.8. The van der Waals surface area contributed by atoms with E-state index in [9.17, 15) is 13.2 Å². The van der Waals surface area contributed by atoms with Gasteiger partial charge in [0.05, 0.1) is 5.92 Å². The molecule has 31 heavy (non-hydrogen) atoms. The highest BCUT2D eigenvalue weighted by Crippen LogP contribution is 2.42. The minimum Gasteiger partial charge on any atom is -0.488 e. The summed E-state index contributed by atoms with van der Waals surface area (Å²) in [6.45, 7) is 2.52. The van der Waals surface area contributed by atoms with E-state index < -0.39 is 12.1 Å². The third-order valence-corrected chi connectivity index (χ3v) is 6.25. The summed E-state index contributed by atoms with van der Waals surface area (Å²) in [7, 11) is 0. The molecule has 0 saturated heterocycles. The van der Waals surface area contributed by atoms with Crippen LogP contribution < -0.4 is 4.74 Å². The molecule has 0 unspecified atom stereocenters. The number of hydrogen-bond donors (Lipinski definition) is 0. The van der Waals surface area contributed by atoms with E-state index >= 15 is 0 Å². The van der Waals surface area contributed by atoms with E-state index in [2.05, 4.69) is 31.2 Å². The zero-order valence-electron chi connectivity index (χ0n) is 17.7. The van der Waals surface area contributed by atoms with Gasteiger partial charge in [0.1, 0.15) is 12.4 Å². The van der Waals surface area contributed by atoms with Gasteiger partial charge in [0, 0.05) is 5.56 Å². The van der Waals surface area contributed by atoms with Gasteiger partial charge in [-0.15, -0.1) is 0 Å². The lowest BCUT2D eigenvalue weighted by Gasteiger charge is -2.30. The van der Waals surface area contributed by atoms with Crippen LogP contribution in [0.4, 0.5) is 13.2 Å². The summed E-state index contributed by atoms with van der Waals surface area (Å²) in [6, 6.07) is 24.5. The van der Waals surface area contributed by atoms with Crippen LogP contribution in [0.3, 0.4) is 0 Å². The minimum atomic E-state index is -4.05. The fourth-order valence-corrected chi connectivity index (χ4v) is 4.44. The van der Waals surface area contributed by atoms with Crippen molar-refractivity contribution in [3.63, 3.8) is 0 Å². The summed E-state index contributed by atoms with van der Waals surface area (Å²) < 4.78 is 44.8. The molecule has 0 amide bonds. The SMILES string of the molecule is Cc1cccc(-c2ccccc2OCc2ccc([C@H]3CC[C@H](C(F)(F)F)CC3)cc2)c1. The first-order chi connectivity index (χ1) is 14.9. The second-order valence-corrected chi connectivity index (χ2v) is 8.49. The quantitative estimate of drug-likeness (QED) is 0.402. The molecular formula is C27H27F3O. The fourth-order valence-electron chi connectivity index (χ4n) is 4.44. The molecule has 3 aromatic rings. The molecule has 0 aromatic heterocycles. The predicted octanol–water partition coefficient (Wildman–Crippen LogP) is 8.08. The molecule has 0 spiro atoms. The van der Waals surface area contributed by atoms with E-state index in [4.69, 9.17) is 4.74 Å². The summed E-state index contributed by atoms with van der Waals surface area (Å²) >= 11 is 0. The van der Waals surface area contributed by atoms with Crippen molar-refractivity contribution in [1.29, 1.82) is 0 Å². The molecule has 0 atom stereocenters. The summed E-state index contributed by atoms with van der Waals surface area (Å²) in [4.78, 5) is 0. The fraction of sp³-hybridized carbons (Fsp3) is 0.333. The van der Waals surface area contributed by atoms with Crippen molar-refractivity contribution in [1.82, 2.24) is 0 Å². The Balaban J connectivity index is 1.39. The molecule has 0 heterocycles. The molecule has 1 saturated carbocycles. The normalized spacial score (nSPS) is 19.2. The predicted molar refractivity (Wildman–Crippen MR) is 118 cm³/mol. The van der Waals surface area contributed by atoms with Crippen LogP contribution >= 0.6 is 0 Å². The monoisotopic (exact) mass is 424 g/mol. The summed E-state index contributed by atoms with van der Waals surface area (Å²) in [5.41, 5.74) is 5.56. The van der Waals surface area contributed by atoms with Gasteiger partial charge < -0.3 is 4.74 Å². The van der Waals surface area contributed by atoms with Gasteiger partial charge in [0.15, 0.2) is 0 Å². The molecule has 3 aromatic carbocycles. The second-order valence-electron chi connectivity index (χ2n) is 8.49. The number of alkyl halides is 3. The highest BCUT2D eigenvalue weighted by Gasteiger charge is 2.41. The Bertz CT molecular complexity index is 999. The van der Waals surface area contributed by atoms with Crippen LogP contribution in [-0.2, 0) is 6.61 Å². The smallest absolute Gasteiger partial charge is 0.391 e. The highest BCUT2D eigenvalue weighted by atomic mass is 19.4. The molecule has 1 fully saturated rings. The van der Waals surface area contributed by atoms with Gasteiger partial charge in [0.25, 0.3) is 0 Å². The van der Waals surface area contributed by atoms with E-state index in [-0.39, 0.29) is 18.8 Å². The van der Waals surface area contributed by atoms with Crippen molar-refractivity contribution in [3.05, 3.63) is 89.5 Å². The topological polar surface area (TPSA) is 9.23 Å². The first kappa shape index (κ1) is 21.5. The summed E-state index contributed by atoms with van der Waals surface area (Å²) in [6.07, 6.45) is -2.39. The Morgan fingerprint density at radius 1 is 0.839 bits per heavy atom. The van der Waals surface area contributed by atoms with Crippen LogP contribution in [0.2, 0.25) is 0 Å². The zero-order chi connectivity index (χ0) is 21.8. The molecule has 1 aliphatic carbocycles. The molecule has 1 aliphatic rings. The molecule has 1 nitrogen and oxygen atoms in total. The maximum Gasteiger partial charge on any atom is 0.391 e. The van der Waals surface area contributed by atoms with Crippen molar-refractivity contribution in [2.75, 3.05) is 0 Å². The molecule has 4 heteroatoms. The Labute approximate surface area is 181 Å². The van der Waals surface area contributed by atoms with Crippen molar-refractivity contribution in [3.8, 4) is 16.9 Å². The zero-order valence-corrected chi connectivity index (χ0v) is 17.7. The number of para-hydroxylation sites is 1. The van der Waals surface area contributed by atoms with Crippen molar-refractivity contribution >= 4 is 0 Å². The summed E-state index contributed by atoms with van der Waals surface area (Å²) in [5, 5.41) is 0. The van der Waals surface area contributed by atoms with Gasteiger partial charge in [-0.25, -0.2) is 0 Å². The lowest BCUT2D eigenvalue weighted by molar-refractivity contribution is -0.182. The van der Waals surface area contributed by atoms with Crippen LogP contribution in [-0.4, -0.2) is 6.18 Å². The van der Waals surface area contributed by atoms with Gasteiger partial charge in [-0.05, 0) is 61.3 Å². The van der Waals surface area contributed by atoms with Crippen LogP contribution in [0.25, 0.3) is 11.1 Å².